The van der Waals surface area contributed by atoms with Crippen molar-refractivity contribution >= 4 is 17.5 Å². The minimum Gasteiger partial charge on any atom is -0.550 e. The molecule has 7 heteroatoms. The quantitative estimate of drug-likeness (QED) is 0.438. The van der Waals surface area contributed by atoms with Gasteiger partial charge in [-0.3, -0.25) is 0 Å². The molecule has 4 rings (SSSR count). The number of pyridine rings is 1. The zero-order valence-electron chi connectivity index (χ0n) is 20.0. The summed E-state index contributed by atoms with van der Waals surface area (Å²) < 4.78 is 5.91. The van der Waals surface area contributed by atoms with E-state index in [1.165, 1.54) is 16.8 Å². The van der Waals surface area contributed by atoms with Crippen molar-refractivity contribution < 1.29 is 44.2 Å². The SMILES string of the molecule is Cc1nc(NCc2cccc3c2CCCN3CCOc2ccccc2)ccc1CCC(=O)[O-].[Na+]. The van der Waals surface area contributed by atoms with Crippen LogP contribution in [-0.4, -0.2) is 30.6 Å². The van der Waals surface area contributed by atoms with Crippen molar-refractivity contribution in [1.29, 1.82) is 0 Å². The van der Waals surface area contributed by atoms with E-state index in [1.807, 2.05) is 49.4 Å². The molecule has 172 valence electrons. The predicted molar refractivity (Wildman–Crippen MR) is 129 cm³/mol. The topological polar surface area (TPSA) is 77.5 Å². The van der Waals surface area contributed by atoms with Gasteiger partial charge in [0.15, 0.2) is 0 Å². The Morgan fingerprint density at radius 2 is 1.91 bits per heavy atom. The Morgan fingerprint density at radius 1 is 1.09 bits per heavy atom. The number of rotatable bonds is 10. The Balaban J connectivity index is 0.00000324. The number of carboxylic acids is 1. The maximum absolute atomic E-state index is 10.7. The van der Waals surface area contributed by atoms with Gasteiger partial charge in [-0.1, -0.05) is 36.4 Å². The molecule has 0 fully saturated rings. The number of anilines is 2. The van der Waals surface area contributed by atoms with Crippen LogP contribution in [-0.2, 0) is 24.2 Å². The molecule has 0 amide bonds. The van der Waals surface area contributed by atoms with Crippen LogP contribution in [0.1, 0.15) is 35.2 Å². The fourth-order valence-electron chi connectivity index (χ4n) is 4.34. The van der Waals surface area contributed by atoms with Crippen LogP contribution >= 0.6 is 0 Å². The first-order valence-corrected chi connectivity index (χ1v) is 11.5. The summed E-state index contributed by atoms with van der Waals surface area (Å²) in [5.74, 6) is 0.665. The number of nitrogens with one attached hydrogen (secondary N) is 1. The van der Waals surface area contributed by atoms with Gasteiger partial charge in [0, 0.05) is 30.4 Å². The van der Waals surface area contributed by atoms with Crippen LogP contribution in [0, 0.1) is 6.92 Å². The minimum atomic E-state index is -1.04. The molecule has 1 N–H and O–H groups in total. The third-order valence-corrected chi connectivity index (χ3v) is 6.07. The molecule has 2 aromatic carbocycles. The largest absolute Gasteiger partial charge is 1.00 e. The van der Waals surface area contributed by atoms with Crippen LogP contribution in [0.5, 0.6) is 5.75 Å². The number of fused-ring (bicyclic) bond motifs is 1. The van der Waals surface area contributed by atoms with Gasteiger partial charge in [-0.2, -0.15) is 0 Å². The second kappa shape index (κ2) is 12.8. The summed E-state index contributed by atoms with van der Waals surface area (Å²) in [5.41, 5.74) is 5.75. The van der Waals surface area contributed by atoms with E-state index < -0.39 is 5.97 Å². The Hall–Kier alpha value is -2.54. The first-order valence-electron chi connectivity index (χ1n) is 11.5. The summed E-state index contributed by atoms with van der Waals surface area (Å²) in [7, 11) is 0. The normalized spacial score (nSPS) is 12.4. The zero-order valence-corrected chi connectivity index (χ0v) is 22.0. The van der Waals surface area contributed by atoms with Gasteiger partial charge in [0.1, 0.15) is 18.2 Å². The Labute approximate surface area is 223 Å². The molecule has 0 aliphatic carbocycles. The number of ether oxygens (including phenoxy) is 1. The summed E-state index contributed by atoms with van der Waals surface area (Å²) in [6.07, 6.45) is 2.65. The maximum atomic E-state index is 10.7. The van der Waals surface area contributed by atoms with Gasteiger partial charge in [0.2, 0.25) is 0 Å². The molecule has 0 saturated carbocycles. The number of carbonyl (C=O) groups is 1. The molecule has 2 heterocycles. The summed E-state index contributed by atoms with van der Waals surface area (Å²) in [5, 5.41) is 14.2. The van der Waals surface area contributed by atoms with Crippen LogP contribution in [0.25, 0.3) is 0 Å². The third-order valence-electron chi connectivity index (χ3n) is 6.07. The minimum absolute atomic E-state index is 0. The van der Waals surface area contributed by atoms with Crippen LogP contribution < -0.4 is 49.6 Å². The van der Waals surface area contributed by atoms with E-state index in [4.69, 9.17) is 4.74 Å². The number of para-hydroxylation sites is 1. The molecule has 0 atom stereocenters. The van der Waals surface area contributed by atoms with Crippen LogP contribution in [0.3, 0.4) is 0 Å². The smallest absolute Gasteiger partial charge is 0.550 e. The number of carbonyl (C=O) groups excluding carboxylic acids is 1. The summed E-state index contributed by atoms with van der Waals surface area (Å²) >= 11 is 0. The average molecular weight is 468 g/mol. The Bertz CT molecular complexity index is 1090. The summed E-state index contributed by atoms with van der Waals surface area (Å²) in [6.45, 7) is 5.15. The van der Waals surface area contributed by atoms with Crippen LogP contribution in [0.4, 0.5) is 11.5 Å². The predicted octanol–water partition coefficient (Wildman–Crippen LogP) is 0.520. The molecule has 1 aliphatic heterocycles. The van der Waals surface area contributed by atoms with E-state index in [2.05, 4.69) is 33.4 Å². The van der Waals surface area contributed by atoms with Crippen LogP contribution in [0.2, 0.25) is 0 Å². The van der Waals surface area contributed by atoms with Gasteiger partial charge < -0.3 is 24.9 Å². The summed E-state index contributed by atoms with van der Waals surface area (Å²) in [4.78, 5) is 17.7. The second-order valence-electron chi connectivity index (χ2n) is 8.33. The van der Waals surface area contributed by atoms with Crippen molar-refractivity contribution in [2.24, 2.45) is 0 Å². The van der Waals surface area contributed by atoms with Gasteiger partial charge in [-0.15, -0.1) is 0 Å². The standard InChI is InChI=1S/C27H31N3O3.Na/c1-20-21(13-15-27(31)32)12-14-26(29-20)28-19-22-7-5-11-25-24(22)10-6-16-30(25)17-18-33-23-8-3-2-4-9-23;/h2-5,7-9,11-12,14H,6,10,13,15-19H2,1H3,(H,28,29)(H,31,32);/q;+1/p-1. The number of aryl methyl sites for hydroxylation is 2. The van der Waals surface area contributed by atoms with E-state index in [9.17, 15) is 9.90 Å². The van der Waals surface area contributed by atoms with E-state index >= 15 is 0 Å². The molecule has 0 radical (unpaired) electrons. The van der Waals surface area contributed by atoms with E-state index in [0.29, 0.717) is 19.6 Å². The van der Waals surface area contributed by atoms with Gasteiger partial charge in [-0.05, 0) is 73.6 Å². The van der Waals surface area contributed by atoms with Gasteiger partial charge in [0.25, 0.3) is 0 Å². The number of benzene rings is 2. The fourth-order valence-corrected chi connectivity index (χ4v) is 4.34. The van der Waals surface area contributed by atoms with E-state index in [0.717, 1.165) is 48.8 Å². The molecule has 0 saturated heterocycles. The van der Waals surface area contributed by atoms with E-state index in [1.54, 1.807) is 0 Å². The van der Waals surface area contributed by atoms with E-state index in [-0.39, 0.29) is 36.0 Å². The molecule has 34 heavy (non-hydrogen) atoms. The molecular formula is C27H30N3NaO3. The fraction of sp³-hybridized carbons (Fsp3) is 0.333. The number of carboxylic acid groups (broad SMARTS) is 1. The molecule has 0 spiro atoms. The van der Waals surface area contributed by atoms with Gasteiger partial charge in [-0.25, -0.2) is 4.98 Å². The molecule has 0 unspecified atom stereocenters. The molecule has 1 aromatic heterocycles. The molecule has 3 aromatic rings. The third kappa shape index (κ3) is 6.98. The number of hydrogen-bond acceptors (Lipinski definition) is 6. The zero-order chi connectivity index (χ0) is 23.0. The summed E-state index contributed by atoms with van der Waals surface area (Å²) in [6, 6.07) is 20.3. The van der Waals surface area contributed by atoms with Crippen molar-refractivity contribution in [3.63, 3.8) is 0 Å². The van der Waals surface area contributed by atoms with Gasteiger partial charge >= 0.3 is 29.6 Å². The molecule has 0 bridgehead atoms. The number of nitrogens with zero attached hydrogens (tertiary/aromatic N) is 2. The molecule has 6 nitrogen and oxygen atoms in total. The van der Waals surface area contributed by atoms with Crippen molar-refractivity contribution in [3.8, 4) is 5.75 Å². The Kier molecular flexibility index (Phi) is 9.81. The second-order valence-corrected chi connectivity index (χ2v) is 8.33. The van der Waals surface area contributed by atoms with Crippen molar-refractivity contribution in [2.45, 2.75) is 39.2 Å². The van der Waals surface area contributed by atoms with Gasteiger partial charge in [0.05, 0.1) is 6.54 Å². The first-order chi connectivity index (χ1) is 16.1. The van der Waals surface area contributed by atoms with Crippen LogP contribution in [0.15, 0.2) is 60.7 Å². The van der Waals surface area contributed by atoms with Crippen molar-refractivity contribution in [1.82, 2.24) is 4.98 Å². The average Bonchev–Trinajstić information content (AvgIpc) is 2.83. The van der Waals surface area contributed by atoms with Crippen molar-refractivity contribution in [3.05, 3.63) is 83.0 Å². The molecular weight excluding hydrogens is 437 g/mol. The first kappa shape index (κ1) is 26.1. The molecule has 1 aliphatic rings. The Morgan fingerprint density at radius 3 is 2.68 bits per heavy atom. The number of aromatic nitrogens is 1. The monoisotopic (exact) mass is 467 g/mol. The number of hydrogen-bond donors (Lipinski definition) is 1. The number of aliphatic carboxylic acids is 1. The maximum Gasteiger partial charge on any atom is 1.00 e. The van der Waals surface area contributed by atoms with Crippen molar-refractivity contribution in [2.75, 3.05) is 29.9 Å².